The highest BCUT2D eigenvalue weighted by atomic mass is 32.2. The quantitative estimate of drug-likeness (QED) is 0.827. The summed E-state index contributed by atoms with van der Waals surface area (Å²) in [5.41, 5.74) is 0. The molecule has 2 N–H and O–H groups in total. The molecule has 0 fully saturated rings. The zero-order valence-electron chi connectivity index (χ0n) is 9.63. The summed E-state index contributed by atoms with van der Waals surface area (Å²) in [5, 5.41) is 8.90. The molecule has 1 atom stereocenters. The molecular formula is C10H15NO4S2. The van der Waals surface area contributed by atoms with E-state index in [4.69, 9.17) is 5.11 Å². The smallest absolute Gasteiger partial charge is 0.321 e. The van der Waals surface area contributed by atoms with Crippen LogP contribution in [0.4, 0.5) is 0 Å². The summed E-state index contributed by atoms with van der Waals surface area (Å²) in [4.78, 5) is 11.7. The van der Waals surface area contributed by atoms with Gasteiger partial charge in [0.2, 0.25) is 0 Å². The Kier molecular flexibility index (Phi) is 4.67. The second-order valence-electron chi connectivity index (χ2n) is 3.67. The van der Waals surface area contributed by atoms with E-state index >= 15 is 0 Å². The minimum absolute atomic E-state index is 0.150. The first-order valence-corrected chi connectivity index (χ1v) is 7.48. The summed E-state index contributed by atoms with van der Waals surface area (Å²) in [5.74, 6) is -1.15. The number of rotatable bonds is 6. The first-order valence-electron chi connectivity index (χ1n) is 5.18. The summed E-state index contributed by atoms with van der Waals surface area (Å²) < 4.78 is 26.1. The van der Waals surface area contributed by atoms with Crippen LogP contribution in [0.2, 0.25) is 0 Å². The van der Waals surface area contributed by atoms with Crippen LogP contribution in [-0.4, -0.2) is 25.5 Å². The van der Waals surface area contributed by atoms with Gasteiger partial charge in [0, 0.05) is 4.88 Å². The second kappa shape index (κ2) is 5.61. The van der Waals surface area contributed by atoms with Crippen LogP contribution >= 0.6 is 11.3 Å². The van der Waals surface area contributed by atoms with Gasteiger partial charge in [0.05, 0.1) is 0 Å². The molecule has 1 aromatic rings. The number of aryl methyl sites for hydroxylation is 1. The highest BCUT2D eigenvalue weighted by Crippen LogP contribution is 2.20. The molecule has 0 aliphatic rings. The molecule has 0 aliphatic carbocycles. The van der Waals surface area contributed by atoms with Crippen LogP contribution in [0.15, 0.2) is 16.3 Å². The maximum atomic E-state index is 11.9. The molecule has 0 spiro atoms. The molecule has 0 saturated carbocycles. The number of nitrogens with one attached hydrogen (secondary N) is 1. The lowest BCUT2D eigenvalue weighted by molar-refractivity contribution is -0.139. The van der Waals surface area contributed by atoms with Gasteiger partial charge in [0.15, 0.2) is 0 Å². The van der Waals surface area contributed by atoms with Gasteiger partial charge in [-0.15, -0.1) is 11.3 Å². The molecule has 0 saturated heterocycles. The van der Waals surface area contributed by atoms with Crippen molar-refractivity contribution in [2.75, 3.05) is 0 Å². The lowest BCUT2D eigenvalue weighted by Crippen LogP contribution is -2.40. The van der Waals surface area contributed by atoms with Crippen molar-refractivity contribution in [2.24, 2.45) is 0 Å². The predicted molar refractivity (Wildman–Crippen MR) is 65.7 cm³/mol. The molecule has 7 heteroatoms. The largest absolute Gasteiger partial charge is 0.480 e. The molecular weight excluding hydrogens is 262 g/mol. The number of hydrogen-bond donors (Lipinski definition) is 2. The van der Waals surface area contributed by atoms with Crippen molar-refractivity contribution in [1.82, 2.24) is 4.72 Å². The van der Waals surface area contributed by atoms with Crippen LogP contribution in [0.3, 0.4) is 0 Å². The van der Waals surface area contributed by atoms with Gasteiger partial charge < -0.3 is 5.11 Å². The average molecular weight is 277 g/mol. The van der Waals surface area contributed by atoms with Crippen LogP contribution in [0.1, 0.15) is 24.6 Å². The molecule has 0 aliphatic heterocycles. The summed E-state index contributed by atoms with van der Waals surface area (Å²) in [6.07, 6.45) is 0.877. The van der Waals surface area contributed by atoms with Crippen molar-refractivity contribution in [2.45, 2.75) is 36.9 Å². The van der Waals surface area contributed by atoms with Gasteiger partial charge in [-0.05, 0) is 25.5 Å². The third kappa shape index (κ3) is 3.79. The number of hydrogen-bond acceptors (Lipinski definition) is 4. The molecule has 0 amide bonds. The van der Waals surface area contributed by atoms with E-state index in [1.807, 2.05) is 0 Å². The van der Waals surface area contributed by atoms with Gasteiger partial charge in [-0.2, -0.15) is 4.72 Å². The fraction of sp³-hybridized carbons (Fsp3) is 0.500. The molecule has 1 unspecified atom stereocenters. The first kappa shape index (κ1) is 14.1. The number of sulfonamides is 1. The second-order valence-corrected chi connectivity index (χ2v) is 6.89. The lowest BCUT2D eigenvalue weighted by atomic mass is 10.2. The summed E-state index contributed by atoms with van der Waals surface area (Å²) in [6, 6.07) is 2.11. The highest BCUT2D eigenvalue weighted by Gasteiger charge is 2.25. The number of carboxylic acids is 1. The van der Waals surface area contributed by atoms with Crippen molar-refractivity contribution in [3.05, 3.63) is 17.0 Å². The maximum absolute atomic E-state index is 11.9. The van der Waals surface area contributed by atoms with Crippen LogP contribution in [0.25, 0.3) is 0 Å². The molecule has 5 nitrogen and oxygen atoms in total. The summed E-state index contributed by atoms with van der Waals surface area (Å²) in [7, 11) is -3.72. The Bertz CT molecular complexity index is 492. The first-order chi connectivity index (χ1) is 7.86. The fourth-order valence-electron chi connectivity index (χ4n) is 1.32. The molecule has 0 bridgehead atoms. The van der Waals surface area contributed by atoms with E-state index in [-0.39, 0.29) is 10.6 Å². The minimum Gasteiger partial charge on any atom is -0.480 e. The number of carboxylic acid groups (broad SMARTS) is 1. The molecule has 0 radical (unpaired) electrons. The highest BCUT2D eigenvalue weighted by molar-refractivity contribution is 7.91. The SMILES string of the molecule is CCCC(NS(=O)(=O)c1ccc(C)s1)C(=O)O. The summed E-state index contributed by atoms with van der Waals surface area (Å²) in [6.45, 7) is 3.60. The zero-order chi connectivity index (χ0) is 13.1. The maximum Gasteiger partial charge on any atom is 0.321 e. The third-order valence-corrected chi connectivity index (χ3v) is 5.12. The van der Waals surface area contributed by atoms with E-state index in [1.165, 1.54) is 6.07 Å². The van der Waals surface area contributed by atoms with E-state index in [0.717, 1.165) is 16.2 Å². The van der Waals surface area contributed by atoms with Gasteiger partial charge in [-0.1, -0.05) is 13.3 Å². The van der Waals surface area contributed by atoms with Crippen molar-refractivity contribution < 1.29 is 18.3 Å². The van der Waals surface area contributed by atoms with Crippen LogP contribution in [0.5, 0.6) is 0 Å². The van der Waals surface area contributed by atoms with E-state index in [1.54, 1.807) is 19.9 Å². The molecule has 17 heavy (non-hydrogen) atoms. The van der Waals surface area contributed by atoms with Crippen molar-refractivity contribution in [3.8, 4) is 0 Å². The Hall–Kier alpha value is -0.920. The zero-order valence-corrected chi connectivity index (χ0v) is 11.3. The standard InChI is InChI=1S/C10H15NO4S2/c1-3-4-8(10(12)13)11-17(14,15)9-6-5-7(2)16-9/h5-6,8,11H,3-4H2,1-2H3,(H,12,13). The van der Waals surface area contributed by atoms with Crippen molar-refractivity contribution >= 4 is 27.3 Å². The van der Waals surface area contributed by atoms with Gasteiger partial charge in [-0.25, -0.2) is 8.42 Å². The van der Waals surface area contributed by atoms with Crippen LogP contribution in [-0.2, 0) is 14.8 Å². The molecule has 1 heterocycles. The van der Waals surface area contributed by atoms with Gasteiger partial charge >= 0.3 is 5.97 Å². The number of thiophene rings is 1. The number of carbonyl (C=O) groups is 1. The van der Waals surface area contributed by atoms with Gasteiger partial charge in [0.1, 0.15) is 10.3 Å². The van der Waals surface area contributed by atoms with Crippen molar-refractivity contribution in [1.29, 1.82) is 0 Å². The van der Waals surface area contributed by atoms with E-state index < -0.39 is 22.0 Å². The Morgan fingerprint density at radius 2 is 2.18 bits per heavy atom. The van der Waals surface area contributed by atoms with Crippen molar-refractivity contribution in [3.63, 3.8) is 0 Å². The Morgan fingerprint density at radius 1 is 1.53 bits per heavy atom. The molecule has 1 aromatic heterocycles. The fourth-order valence-corrected chi connectivity index (χ4v) is 3.85. The van der Waals surface area contributed by atoms with E-state index in [2.05, 4.69) is 4.72 Å². The topological polar surface area (TPSA) is 83.5 Å². The monoisotopic (exact) mass is 277 g/mol. The normalized spacial score (nSPS) is 13.5. The van der Waals surface area contributed by atoms with Crippen LogP contribution in [0, 0.1) is 6.92 Å². The third-order valence-electron chi connectivity index (χ3n) is 2.15. The van der Waals surface area contributed by atoms with Gasteiger partial charge in [-0.3, -0.25) is 4.79 Å². The van der Waals surface area contributed by atoms with E-state index in [9.17, 15) is 13.2 Å². The van der Waals surface area contributed by atoms with E-state index in [0.29, 0.717) is 6.42 Å². The van der Waals surface area contributed by atoms with Gasteiger partial charge in [0.25, 0.3) is 10.0 Å². The Labute approximate surface area is 105 Å². The predicted octanol–water partition coefficient (Wildman–Crippen LogP) is 1.59. The Balaban J connectivity index is 2.88. The van der Waals surface area contributed by atoms with Crippen LogP contribution < -0.4 is 4.72 Å². The minimum atomic E-state index is -3.72. The Morgan fingerprint density at radius 3 is 2.59 bits per heavy atom. The number of aliphatic carboxylic acids is 1. The lowest BCUT2D eigenvalue weighted by Gasteiger charge is -2.12. The average Bonchev–Trinajstić information content (AvgIpc) is 2.64. The molecule has 96 valence electrons. The molecule has 0 aromatic carbocycles. The molecule has 1 rings (SSSR count). The summed E-state index contributed by atoms with van der Waals surface area (Å²) >= 11 is 1.12.